The number of rotatable bonds is 5. The molecule has 2 aromatic rings. The largest absolute Gasteiger partial charge is 0.378 e. The third kappa shape index (κ3) is 4.06. The molecule has 2 rings (SSSR count). The van der Waals surface area contributed by atoms with Crippen molar-refractivity contribution in [2.75, 3.05) is 5.32 Å². The van der Waals surface area contributed by atoms with Gasteiger partial charge in [-0.1, -0.05) is 37.3 Å². The average molecular weight is 304 g/mol. The van der Waals surface area contributed by atoms with E-state index in [2.05, 4.69) is 36.5 Å². The number of hydrogen-bond donors (Lipinski definition) is 2. The minimum atomic E-state index is -3.67. The lowest BCUT2D eigenvalue weighted by Gasteiger charge is -2.16. The van der Waals surface area contributed by atoms with Gasteiger partial charge in [0.2, 0.25) is 10.0 Å². The molecule has 0 aliphatic carbocycles. The van der Waals surface area contributed by atoms with Gasteiger partial charge in [-0.25, -0.2) is 13.6 Å². The van der Waals surface area contributed by atoms with Crippen LogP contribution in [0.4, 0.5) is 5.69 Å². The van der Waals surface area contributed by atoms with Gasteiger partial charge in [0.05, 0.1) is 4.90 Å². The average Bonchev–Trinajstić information content (AvgIpc) is 2.47. The van der Waals surface area contributed by atoms with Gasteiger partial charge in [-0.15, -0.1) is 0 Å². The summed E-state index contributed by atoms with van der Waals surface area (Å²) in [6.07, 6.45) is 1.01. The molecule has 0 heterocycles. The van der Waals surface area contributed by atoms with Crippen LogP contribution in [-0.2, 0) is 16.4 Å². The number of nitrogens with one attached hydrogen (secondary N) is 1. The monoisotopic (exact) mass is 304 g/mol. The van der Waals surface area contributed by atoms with Crippen molar-refractivity contribution in [3.63, 3.8) is 0 Å². The highest BCUT2D eigenvalue weighted by Crippen LogP contribution is 2.21. The van der Waals surface area contributed by atoms with Crippen molar-refractivity contribution in [1.29, 1.82) is 0 Å². The summed E-state index contributed by atoms with van der Waals surface area (Å²) in [6, 6.07) is 15.0. The highest BCUT2D eigenvalue weighted by Gasteiger charge is 2.10. The van der Waals surface area contributed by atoms with Gasteiger partial charge < -0.3 is 5.32 Å². The standard InChI is InChI=1S/C16H20N2O2S/c1-3-13-7-9-14(10-8-13)12(2)18-15-5-4-6-16(11-15)21(17,19)20/h4-12,18H,3H2,1-2H3,(H2,17,19,20). The van der Waals surface area contributed by atoms with Gasteiger partial charge in [-0.05, 0) is 42.7 Å². The second-order valence-corrected chi connectivity index (χ2v) is 6.60. The normalized spacial score (nSPS) is 12.9. The molecule has 0 amide bonds. The van der Waals surface area contributed by atoms with E-state index >= 15 is 0 Å². The molecular formula is C16H20N2O2S. The van der Waals surface area contributed by atoms with Crippen LogP contribution >= 0.6 is 0 Å². The van der Waals surface area contributed by atoms with E-state index in [0.29, 0.717) is 0 Å². The van der Waals surface area contributed by atoms with Gasteiger partial charge in [0, 0.05) is 11.7 Å². The molecule has 21 heavy (non-hydrogen) atoms. The summed E-state index contributed by atoms with van der Waals surface area (Å²) >= 11 is 0. The summed E-state index contributed by atoms with van der Waals surface area (Å²) < 4.78 is 22.7. The first kappa shape index (κ1) is 15.5. The molecule has 1 atom stereocenters. The van der Waals surface area contributed by atoms with Crippen LogP contribution in [0.25, 0.3) is 0 Å². The highest BCUT2D eigenvalue weighted by atomic mass is 32.2. The Morgan fingerprint density at radius 3 is 2.38 bits per heavy atom. The summed E-state index contributed by atoms with van der Waals surface area (Å²) in [6.45, 7) is 4.15. The van der Waals surface area contributed by atoms with Gasteiger partial charge in [0.25, 0.3) is 0 Å². The maximum Gasteiger partial charge on any atom is 0.238 e. The Labute approximate surface area is 126 Å². The van der Waals surface area contributed by atoms with Crippen LogP contribution in [0.2, 0.25) is 0 Å². The molecule has 0 saturated carbocycles. The Balaban J connectivity index is 2.17. The molecule has 0 aromatic heterocycles. The fourth-order valence-electron chi connectivity index (χ4n) is 2.14. The van der Waals surface area contributed by atoms with Gasteiger partial charge in [-0.2, -0.15) is 0 Å². The van der Waals surface area contributed by atoms with Crippen LogP contribution in [-0.4, -0.2) is 8.42 Å². The fraction of sp³-hybridized carbons (Fsp3) is 0.250. The van der Waals surface area contributed by atoms with E-state index in [1.165, 1.54) is 11.6 Å². The molecule has 0 aliphatic rings. The Kier molecular flexibility index (Phi) is 4.65. The van der Waals surface area contributed by atoms with Crippen LogP contribution in [0.15, 0.2) is 53.4 Å². The molecule has 1 unspecified atom stereocenters. The Bertz CT molecular complexity index is 709. The minimum Gasteiger partial charge on any atom is -0.378 e. The quantitative estimate of drug-likeness (QED) is 0.891. The maximum absolute atomic E-state index is 11.4. The van der Waals surface area contributed by atoms with Gasteiger partial charge >= 0.3 is 0 Å². The zero-order valence-electron chi connectivity index (χ0n) is 12.2. The summed E-state index contributed by atoms with van der Waals surface area (Å²) in [4.78, 5) is 0.112. The zero-order valence-corrected chi connectivity index (χ0v) is 13.0. The second kappa shape index (κ2) is 6.28. The van der Waals surface area contributed by atoms with Crippen molar-refractivity contribution < 1.29 is 8.42 Å². The molecule has 0 saturated heterocycles. The van der Waals surface area contributed by atoms with E-state index in [0.717, 1.165) is 17.7 Å². The molecule has 0 spiro atoms. The minimum absolute atomic E-state index is 0.0756. The first-order valence-electron chi connectivity index (χ1n) is 6.88. The van der Waals surface area contributed by atoms with E-state index in [-0.39, 0.29) is 10.9 Å². The Morgan fingerprint density at radius 2 is 1.81 bits per heavy atom. The number of benzene rings is 2. The predicted molar refractivity (Wildman–Crippen MR) is 85.7 cm³/mol. The topological polar surface area (TPSA) is 72.2 Å². The van der Waals surface area contributed by atoms with E-state index in [1.807, 2.05) is 13.0 Å². The van der Waals surface area contributed by atoms with Gasteiger partial charge in [-0.3, -0.25) is 0 Å². The molecule has 0 fully saturated rings. The van der Waals surface area contributed by atoms with Crippen LogP contribution in [0.3, 0.4) is 0 Å². The predicted octanol–water partition coefficient (Wildman–Crippen LogP) is 3.07. The third-order valence-corrected chi connectivity index (χ3v) is 4.34. The number of nitrogens with two attached hydrogens (primary N) is 1. The van der Waals surface area contributed by atoms with Crippen molar-refractivity contribution >= 4 is 15.7 Å². The van der Waals surface area contributed by atoms with Crippen LogP contribution in [0.5, 0.6) is 0 Å². The fourth-order valence-corrected chi connectivity index (χ4v) is 2.70. The Morgan fingerprint density at radius 1 is 1.14 bits per heavy atom. The molecule has 112 valence electrons. The molecular weight excluding hydrogens is 284 g/mol. The molecule has 0 radical (unpaired) electrons. The highest BCUT2D eigenvalue weighted by molar-refractivity contribution is 7.89. The van der Waals surface area contributed by atoms with Crippen LogP contribution in [0.1, 0.15) is 31.0 Å². The maximum atomic E-state index is 11.4. The van der Waals surface area contributed by atoms with Crippen molar-refractivity contribution in [2.24, 2.45) is 5.14 Å². The molecule has 3 N–H and O–H groups in total. The smallest absolute Gasteiger partial charge is 0.238 e. The van der Waals surface area contributed by atoms with Crippen molar-refractivity contribution in [1.82, 2.24) is 0 Å². The summed E-state index contributed by atoms with van der Waals surface area (Å²) in [5.74, 6) is 0. The van der Waals surface area contributed by atoms with Crippen molar-refractivity contribution in [3.8, 4) is 0 Å². The lowest BCUT2D eigenvalue weighted by molar-refractivity contribution is 0.598. The first-order chi connectivity index (χ1) is 9.90. The number of hydrogen-bond acceptors (Lipinski definition) is 3. The summed E-state index contributed by atoms with van der Waals surface area (Å²) in [5.41, 5.74) is 3.17. The van der Waals surface area contributed by atoms with E-state index in [4.69, 9.17) is 5.14 Å². The number of aryl methyl sites for hydroxylation is 1. The number of primary sulfonamides is 1. The summed E-state index contributed by atoms with van der Waals surface area (Å²) in [7, 11) is -3.67. The van der Waals surface area contributed by atoms with Crippen molar-refractivity contribution in [2.45, 2.75) is 31.2 Å². The van der Waals surface area contributed by atoms with Crippen LogP contribution in [0, 0.1) is 0 Å². The summed E-state index contributed by atoms with van der Waals surface area (Å²) in [5, 5.41) is 8.43. The van der Waals surface area contributed by atoms with Crippen molar-refractivity contribution in [3.05, 3.63) is 59.7 Å². The third-order valence-electron chi connectivity index (χ3n) is 3.43. The molecule has 0 aliphatic heterocycles. The van der Waals surface area contributed by atoms with E-state index in [9.17, 15) is 8.42 Å². The van der Waals surface area contributed by atoms with E-state index < -0.39 is 10.0 Å². The molecule has 4 nitrogen and oxygen atoms in total. The van der Waals surface area contributed by atoms with Gasteiger partial charge in [0.15, 0.2) is 0 Å². The molecule has 5 heteroatoms. The first-order valence-corrected chi connectivity index (χ1v) is 8.43. The SMILES string of the molecule is CCc1ccc(C(C)Nc2cccc(S(N)(=O)=O)c2)cc1. The lowest BCUT2D eigenvalue weighted by atomic mass is 10.0. The number of sulfonamides is 1. The zero-order chi connectivity index (χ0) is 15.5. The van der Waals surface area contributed by atoms with E-state index in [1.54, 1.807) is 12.1 Å². The number of anilines is 1. The molecule has 0 bridgehead atoms. The second-order valence-electron chi connectivity index (χ2n) is 5.03. The molecule has 2 aromatic carbocycles. The Hall–Kier alpha value is -1.85. The van der Waals surface area contributed by atoms with Gasteiger partial charge in [0.1, 0.15) is 0 Å². The lowest BCUT2D eigenvalue weighted by Crippen LogP contribution is -2.13. The van der Waals surface area contributed by atoms with Crippen LogP contribution < -0.4 is 10.5 Å².